The highest BCUT2D eigenvalue weighted by Crippen LogP contribution is 2.25. The zero-order chi connectivity index (χ0) is 9.72. The summed E-state index contributed by atoms with van der Waals surface area (Å²) in [6.07, 6.45) is 1.36. The minimum absolute atomic E-state index is 0.337. The van der Waals surface area contributed by atoms with Gasteiger partial charge in [-0.1, -0.05) is 24.3 Å². The molecule has 0 N–H and O–H groups in total. The third-order valence-electron chi connectivity index (χ3n) is 1.48. The van der Waals surface area contributed by atoms with Crippen molar-refractivity contribution in [2.75, 3.05) is 0 Å². The van der Waals surface area contributed by atoms with E-state index in [0.717, 1.165) is 0 Å². The number of hydrogen-bond donors (Lipinski definition) is 0. The van der Waals surface area contributed by atoms with Crippen LogP contribution in [-0.2, 0) is 0 Å². The lowest BCUT2D eigenvalue weighted by Gasteiger charge is -2.03. The average Bonchev–Trinajstić information content (AvgIpc) is 2.03. The highest BCUT2D eigenvalue weighted by atomic mass is 35.5. The molecule has 0 aromatic carbocycles. The average molecular weight is 187 g/mol. The van der Waals surface area contributed by atoms with Gasteiger partial charge in [-0.15, -0.1) is 5.73 Å². The van der Waals surface area contributed by atoms with Gasteiger partial charge in [-0.05, 0) is 20.8 Å². The Balaban J connectivity index is 5.26. The van der Waals surface area contributed by atoms with Gasteiger partial charge in [0.1, 0.15) is 5.83 Å². The van der Waals surface area contributed by atoms with E-state index in [9.17, 15) is 4.39 Å². The normalized spacial score (nSPS) is 13.6. The van der Waals surface area contributed by atoms with Crippen LogP contribution in [0.25, 0.3) is 0 Å². The second-order valence-corrected chi connectivity index (χ2v) is 2.91. The van der Waals surface area contributed by atoms with E-state index in [0.29, 0.717) is 16.2 Å². The molecule has 0 rings (SSSR count). The van der Waals surface area contributed by atoms with Crippen LogP contribution in [0.3, 0.4) is 0 Å². The summed E-state index contributed by atoms with van der Waals surface area (Å²) in [6, 6.07) is 0. The Morgan fingerprint density at radius 2 is 2.00 bits per heavy atom. The van der Waals surface area contributed by atoms with Crippen molar-refractivity contribution in [3.63, 3.8) is 0 Å². The van der Waals surface area contributed by atoms with Gasteiger partial charge in [-0.2, -0.15) is 0 Å². The zero-order valence-corrected chi connectivity index (χ0v) is 8.30. The highest BCUT2D eigenvalue weighted by molar-refractivity contribution is 6.30. The second kappa shape index (κ2) is 4.97. The number of allylic oxidation sites excluding steroid dienone is 5. The molecular formula is C10H12ClF. The largest absolute Gasteiger partial charge is 0.207 e. The van der Waals surface area contributed by atoms with Crippen LogP contribution in [0.5, 0.6) is 0 Å². The van der Waals surface area contributed by atoms with Crippen molar-refractivity contribution in [1.82, 2.24) is 0 Å². The van der Waals surface area contributed by atoms with E-state index in [4.69, 9.17) is 11.6 Å². The monoisotopic (exact) mass is 186 g/mol. The van der Waals surface area contributed by atoms with Gasteiger partial charge in [-0.3, -0.25) is 0 Å². The summed E-state index contributed by atoms with van der Waals surface area (Å²) in [4.78, 5) is 0. The molecule has 66 valence electrons. The molecule has 0 aliphatic carbocycles. The van der Waals surface area contributed by atoms with E-state index in [1.165, 1.54) is 6.08 Å². The quantitative estimate of drug-likeness (QED) is 0.450. The molecule has 0 fully saturated rings. The van der Waals surface area contributed by atoms with Crippen molar-refractivity contribution < 1.29 is 4.39 Å². The first kappa shape index (κ1) is 11.2. The third kappa shape index (κ3) is 2.69. The van der Waals surface area contributed by atoms with E-state index in [-0.39, 0.29) is 5.83 Å². The Morgan fingerprint density at radius 1 is 1.50 bits per heavy atom. The smallest absolute Gasteiger partial charge is 0.128 e. The van der Waals surface area contributed by atoms with E-state index >= 15 is 0 Å². The molecular weight excluding hydrogens is 175 g/mol. The number of halogens is 2. The molecule has 2 heteroatoms. The van der Waals surface area contributed by atoms with Crippen molar-refractivity contribution in [2.45, 2.75) is 20.8 Å². The topological polar surface area (TPSA) is 0 Å². The van der Waals surface area contributed by atoms with E-state index in [1.807, 2.05) is 0 Å². The van der Waals surface area contributed by atoms with Crippen molar-refractivity contribution in [1.29, 1.82) is 0 Å². The van der Waals surface area contributed by atoms with Crippen LogP contribution in [0.1, 0.15) is 20.8 Å². The maximum Gasteiger partial charge on any atom is 0.128 e. The molecule has 0 saturated heterocycles. The molecule has 0 radical (unpaired) electrons. The minimum atomic E-state index is -0.337. The number of rotatable bonds is 2. The summed E-state index contributed by atoms with van der Waals surface area (Å²) < 4.78 is 13.1. The molecule has 0 spiro atoms. The summed E-state index contributed by atoms with van der Waals surface area (Å²) in [5.74, 6) is -0.337. The first-order chi connectivity index (χ1) is 5.54. The van der Waals surface area contributed by atoms with Crippen molar-refractivity contribution in [3.8, 4) is 0 Å². The Bertz CT molecular complexity index is 274. The van der Waals surface area contributed by atoms with E-state index in [2.05, 4.69) is 12.3 Å². The Morgan fingerprint density at radius 3 is 2.25 bits per heavy atom. The fraction of sp³-hybridized carbons (Fsp3) is 0.300. The summed E-state index contributed by atoms with van der Waals surface area (Å²) in [5.41, 5.74) is 3.61. The van der Waals surface area contributed by atoms with Crippen LogP contribution in [0.4, 0.5) is 4.39 Å². The lowest BCUT2D eigenvalue weighted by atomic mass is 10.1. The first-order valence-corrected chi connectivity index (χ1v) is 3.98. The first-order valence-electron chi connectivity index (χ1n) is 3.60. The van der Waals surface area contributed by atoms with E-state index in [1.54, 1.807) is 20.8 Å². The van der Waals surface area contributed by atoms with Gasteiger partial charge in [0.15, 0.2) is 0 Å². The van der Waals surface area contributed by atoms with Gasteiger partial charge in [0.25, 0.3) is 0 Å². The Labute approximate surface area is 77.7 Å². The molecule has 0 saturated carbocycles. The molecule has 0 aromatic heterocycles. The summed E-state index contributed by atoms with van der Waals surface area (Å²) >= 11 is 5.70. The zero-order valence-electron chi connectivity index (χ0n) is 7.54. The molecule has 0 bridgehead atoms. The molecule has 0 aliphatic rings. The standard InChI is InChI=1S/C10H12ClF/c1-5-7(3)10(8(4)11)9(12)6-2/h6H,1H2,2-4H3/b9-6+,10-8+. The van der Waals surface area contributed by atoms with Gasteiger partial charge in [0, 0.05) is 16.2 Å². The van der Waals surface area contributed by atoms with Gasteiger partial charge < -0.3 is 0 Å². The number of hydrogen-bond acceptors (Lipinski definition) is 0. The van der Waals surface area contributed by atoms with Crippen LogP contribution in [0.2, 0.25) is 0 Å². The molecule has 0 heterocycles. The van der Waals surface area contributed by atoms with Crippen LogP contribution >= 0.6 is 11.6 Å². The maximum absolute atomic E-state index is 13.1. The predicted octanol–water partition coefficient (Wildman–Crippen LogP) is 4.10. The van der Waals surface area contributed by atoms with Gasteiger partial charge >= 0.3 is 0 Å². The molecule has 0 atom stereocenters. The molecule has 0 nitrogen and oxygen atoms in total. The Hall–Kier alpha value is -0.780. The van der Waals surface area contributed by atoms with E-state index < -0.39 is 0 Å². The SMILES string of the molecule is C=C=C(C)C(/C(F)=C\C)=C(/C)Cl. The van der Waals surface area contributed by atoms with Crippen LogP contribution < -0.4 is 0 Å². The molecule has 0 aliphatic heterocycles. The van der Waals surface area contributed by atoms with Crippen molar-refractivity contribution in [3.05, 3.63) is 40.4 Å². The summed E-state index contributed by atoms with van der Waals surface area (Å²) in [5, 5.41) is 0.416. The van der Waals surface area contributed by atoms with Crippen molar-refractivity contribution >= 4 is 11.6 Å². The lowest BCUT2D eigenvalue weighted by Crippen LogP contribution is -1.87. The van der Waals surface area contributed by atoms with Gasteiger partial charge in [-0.25, -0.2) is 4.39 Å². The van der Waals surface area contributed by atoms with Crippen molar-refractivity contribution in [2.24, 2.45) is 0 Å². The maximum atomic E-state index is 13.1. The van der Waals surface area contributed by atoms with Gasteiger partial charge in [0.2, 0.25) is 0 Å². The predicted molar refractivity (Wildman–Crippen MR) is 51.7 cm³/mol. The summed E-state index contributed by atoms with van der Waals surface area (Å²) in [7, 11) is 0. The molecule has 0 unspecified atom stereocenters. The summed E-state index contributed by atoms with van der Waals surface area (Å²) in [6.45, 7) is 8.41. The Kier molecular flexibility index (Phi) is 4.65. The minimum Gasteiger partial charge on any atom is -0.207 e. The second-order valence-electron chi connectivity index (χ2n) is 2.35. The highest BCUT2D eigenvalue weighted by Gasteiger charge is 2.08. The third-order valence-corrected chi connectivity index (χ3v) is 1.67. The van der Waals surface area contributed by atoms with Gasteiger partial charge in [0.05, 0.1) is 0 Å². The lowest BCUT2D eigenvalue weighted by molar-refractivity contribution is 0.651. The molecule has 12 heavy (non-hydrogen) atoms. The molecule has 0 amide bonds. The van der Waals surface area contributed by atoms with Crippen LogP contribution in [-0.4, -0.2) is 0 Å². The fourth-order valence-electron chi connectivity index (χ4n) is 0.835. The fourth-order valence-corrected chi connectivity index (χ4v) is 1.07. The van der Waals surface area contributed by atoms with Crippen LogP contribution in [0.15, 0.2) is 40.4 Å². The molecule has 0 aromatic rings. The van der Waals surface area contributed by atoms with Crippen LogP contribution in [0, 0.1) is 0 Å².